The molecule has 0 aliphatic carbocycles. The van der Waals surface area contributed by atoms with Gasteiger partial charge in [0.05, 0.1) is 6.61 Å². The van der Waals surface area contributed by atoms with Crippen molar-refractivity contribution >= 4 is 11.9 Å². The van der Waals surface area contributed by atoms with E-state index in [2.05, 4.69) is 45.1 Å². The molecule has 0 radical (unpaired) electrons. The van der Waals surface area contributed by atoms with Crippen molar-refractivity contribution in [1.82, 2.24) is 0 Å². The molecule has 0 aromatic rings. The highest BCUT2D eigenvalue weighted by atomic mass is 16.6. The molecule has 0 aliphatic heterocycles. The second-order valence-electron chi connectivity index (χ2n) is 12.5. The molecule has 0 heterocycles. The van der Waals surface area contributed by atoms with E-state index < -0.39 is 6.10 Å². The molecule has 0 spiro atoms. The first-order valence-corrected chi connectivity index (χ1v) is 18.9. The summed E-state index contributed by atoms with van der Waals surface area (Å²) in [6.45, 7) is 7.68. The Morgan fingerprint density at radius 2 is 0.955 bits per heavy atom. The zero-order valence-electron chi connectivity index (χ0n) is 29.4. The van der Waals surface area contributed by atoms with E-state index in [1.54, 1.807) is 0 Å². The monoisotopic (exact) mass is 621 g/mol. The van der Waals surface area contributed by atoms with Crippen molar-refractivity contribution in [1.29, 1.82) is 0 Å². The van der Waals surface area contributed by atoms with Crippen molar-refractivity contribution in [2.75, 3.05) is 19.8 Å². The summed E-state index contributed by atoms with van der Waals surface area (Å²) >= 11 is 0. The lowest BCUT2D eigenvalue weighted by molar-refractivity contribution is -0.163. The number of carbonyl (C=O) groups excluding carboxylic acids is 2. The molecule has 0 aromatic carbocycles. The molecule has 1 unspecified atom stereocenters. The Hall–Kier alpha value is -1.62. The van der Waals surface area contributed by atoms with Crippen LogP contribution in [0.15, 0.2) is 24.3 Å². The van der Waals surface area contributed by atoms with E-state index in [0.717, 1.165) is 57.8 Å². The largest absolute Gasteiger partial charge is 0.462 e. The summed E-state index contributed by atoms with van der Waals surface area (Å²) in [6.07, 6.45) is 37.7. The summed E-state index contributed by atoms with van der Waals surface area (Å²) in [7, 11) is 0. The van der Waals surface area contributed by atoms with Gasteiger partial charge in [-0.2, -0.15) is 0 Å². The number of unbranched alkanes of at least 4 members (excludes halogenated alkanes) is 19. The Morgan fingerprint density at radius 3 is 1.55 bits per heavy atom. The van der Waals surface area contributed by atoms with Crippen molar-refractivity contribution in [3.05, 3.63) is 24.3 Å². The second kappa shape index (κ2) is 35.9. The van der Waals surface area contributed by atoms with Gasteiger partial charge in [0.2, 0.25) is 0 Å². The average molecular weight is 621 g/mol. The van der Waals surface area contributed by atoms with E-state index in [-0.39, 0.29) is 25.2 Å². The highest BCUT2D eigenvalue weighted by molar-refractivity contribution is 5.70. The van der Waals surface area contributed by atoms with Crippen LogP contribution < -0.4 is 0 Å². The van der Waals surface area contributed by atoms with Crippen molar-refractivity contribution in [2.24, 2.45) is 0 Å². The van der Waals surface area contributed by atoms with Crippen molar-refractivity contribution in [3.63, 3.8) is 0 Å². The van der Waals surface area contributed by atoms with Crippen LogP contribution in [0.5, 0.6) is 0 Å². The molecular formula is C39H72O5. The Kier molecular flexibility index (Phi) is 34.5. The zero-order valence-corrected chi connectivity index (χ0v) is 29.4. The van der Waals surface area contributed by atoms with Gasteiger partial charge in [0.1, 0.15) is 6.61 Å². The van der Waals surface area contributed by atoms with Crippen molar-refractivity contribution < 1.29 is 23.8 Å². The first-order valence-electron chi connectivity index (χ1n) is 18.9. The number of ether oxygens (including phenoxy) is 3. The van der Waals surface area contributed by atoms with Crippen LogP contribution in [0.3, 0.4) is 0 Å². The maximum atomic E-state index is 12.4. The van der Waals surface area contributed by atoms with Crippen LogP contribution in [0.2, 0.25) is 0 Å². The van der Waals surface area contributed by atoms with E-state index in [1.165, 1.54) is 96.3 Å². The quantitative estimate of drug-likeness (QED) is 0.0407. The molecule has 0 bridgehead atoms. The lowest BCUT2D eigenvalue weighted by Crippen LogP contribution is -2.30. The fourth-order valence-corrected chi connectivity index (χ4v) is 5.13. The van der Waals surface area contributed by atoms with Gasteiger partial charge in [0, 0.05) is 19.4 Å². The van der Waals surface area contributed by atoms with Gasteiger partial charge >= 0.3 is 11.9 Å². The molecule has 0 saturated carbocycles. The molecule has 258 valence electrons. The minimum Gasteiger partial charge on any atom is -0.462 e. The molecule has 1 atom stereocenters. The maximum Gasteiger partial charge on any atom is 0.306 e. The summed E-state index contributed by atoms with van der Waals surface area (Å²) < 4.78 is 17.0. The lowest BCUT2D eigenvalue weighted by atomic mass is 10.1. The number of carbonyl (C=O) groups is 2. The van der Waals surface area contributed by atoms with Gasteiger partial charge in [-0.05, 0) is 51.4 Å². The van der Waals surface area contributed by atoms with E-state index in [0.29, 0.717) is 19.4 Å². The molecule has 0 saturated heterocycles. The van der Waals surface area contributed by atoms with Gasteiger partial charge in [-0.25, -0.2) is 0 Å². The minimum atomic E-state index is -0.524. The van der Waals surface area contributed by atoms with Gasteiger partial charge < -0.3 is 14.2 Å². The van der Waals surface area contributed by atoms with Gasteiger partial charge in [0.25, 0.3) is 0 Å². The van der Waals surface area contributed by atoms with Crippen LogP contribution >= 0.6 is 0 Å². The van der Waals surface area contributed by atoms with Crippen LogP contribution in [0, 0.1) is 0 Å². The van der Waals surface area contributed by atoms with E-state index in [9.17, 15) is 9.59 Å². The van der Waals surface area contributed by atoms with Crippen LogP contribution in [0.25, 0.3) is 0 Å². The van der Waals surface area contributed by atoms with Gasteiger partial charge in [-0.1, -0.05) is 148 Å². The Morgan fingerprint density at radius 1 is 0.500 bits per heavy atom. The number of allylic oxidation sites excluding steroid dienone is 4. The highest BCUT2D eigenvalue weighted by Gasteiger charge is 2.17. The van der Waals surface area contributed by atoms with Crippen LogP contribution in [-0.2, 0) is 23.8 Å². The fraction of sp³-hybridized carbons (Fsp3) is 0.846. The molecule has 44 heavy (non-hydrogen) atoms. The Bertz CT molecular complexity index is 671. The third kappa shape index (κ3) is 33.3. The summed E-state index contributed by atoms with van der Waals surface area (Å²) in [6, 6.07) is 0. The normalized spacial score (nSPS) is 12.3. The topological polar surface area (TPSA) is 61.8 Å². The highest BCUT2D eigenvalue weighted by Crippen LogP contribution is 2.12. The van der Waals surface area contributed by atoms with Gasteiger partial charge in [-0.15, -0.1) is 0 Å². The summed E-state index contributed by atoms with van der Waals surface area (Å²) in [4.78, 5) is 24.7. The number of rotatable bonds is 34. The SMILES string of the molecule is CCCCC/C=C\C/C=C\CCCCCCCCCC(=O)OCC(COCCCCCCCC)OC(=O)CCCCCCC. The second-order valence-corrected chi connectivity index (χ2v) is 12.5. The molecule has 0 amide bonds. The van der Waals surface area contributed by atoms with Crippen LogP contribution in [0.1, 0.15) is 188 Å². The minimum absolute atomic E-state index is 0.0839. The number of hydrogen-bond acceptors (Lipinski definition) is 5. The van der Waals surface area contributed by atoms with Crippen LogP contribution in [0.4, 0.5) is 0 Å². The van der Waals surface area contributed by atoms with Gasteiger partial charge in [-0.3, -0.25) is 9.59 Å². The Labute approximate surface area is 273 Å². The van der Waals surface area contributed by atoms with Crippen LogP contribution in [-0.4, -0.2) is 37.9 Å². The standard InChI is InChI=1S/C39H72O5/c1-4-7-10-13-15-16-17-18-19-20-21-22-23-24-25-27-29-32-38(40)43-36-37(35-42-34-31-28-14-11-8-5-2)44-39(41)33-30-26-12-9-6-3/h15-16,18-19,37H,4-14,17,20-36H2,1-3H3/b16-15-,19-18-. The first-order chi connectivity index (χ1) is 21.6. The molecular weight excluding hydrogens is 548 g/mol. The number of esters is 2. The predicted molar refractivity (Wildman–Crippen MR) is 187 cm³/mol. The summed E-state index contributed by atoms with van der Waals surface area (Å²) in [5, 5.41) is 0. The van der Waals surface area contributed by atoms with Gasteiger partial charge in [0.15, 0.2) is 6.10 Å². The number of hydrogen-bond donors (Lipinski definition) is 0. The molecule has 0 aromatic heterocycles. The third-order valence-electron chi connectivity index (χ3n) is 7.99. The van der Waals surface area contributed by atoms with Crippen molar-refractivity contribution in [3.8, 4) is 0 Å². The summed E-state index contributed by atoms with van der Waals surface area (Å²) in [5.74, 6) is -0.420. The maximum absolute atomic E-state index is 12.4. The molecule has 0 aliphatic rings. The fourth-order valence-electron chi connectivity index (χ4n) is 5.13. The first kappa shape index (κ1) is 42.4. The molecule has 0 fully saturated rings. The predicted octanol–water partition coefficient (Wildman–Crippen LogP) is 11.8. The van der Waals surface area contributed by atoms with Crippen molar-refractivity contribution in [2.45, 2.75) is 194 Å². The van der Waals surface area contributed by atoms with E-state index in [1.807, 2.05) is 0 Å². The summed E-state index contributed by atoms with van der Waals surface area (Å²) in [5.41, 5.74) is 0. The molecule has 0 rings (SSSR count). The average Bonchev–Trinajstić information content (AvgIpc) is 3.02. The third-order valence-corrected chi connectivity index (χ3v) is 7.99. The smallest absolute Gasteiger partial charge is 0.306 e. The molecule has 5 heteroatoms. The van der Waals surface area contributed by atoms with E-state index in [4.69, 9.17) is 14.2 Å². The molecule has 0 N–H and O–H groups in total. The van der Waals surface area contributed by atoms with E-state index >= 15 is 0 Å². The lowest BCUT2D eigenvalue weighted by Gasteiger charge is -2.18. The zero-order chi connectivity index (χ0) is 32.2. The Balaban J connectivity index is 4.00. The molecule has 5 nitrogen and oxygen atoms in total.